The van der Waals surface area contributed by atoms with Crippen molar-refractivity contribution in [1.29, 1.82) is 0 Å². The van der Waals surface area contributed by atoms with E-state index in [2.05, 4.69) is 0 Å². The molecular formula is C18H15NO5. The van der Waals surface area contributed by atoms with Crippen LogP contribution in [-0.2, 0) is 4.74 Å². The van der Waals surface area contributed by atoms with Gasteiger partial charge in [0.15, 0.2) is 0 Å². The van der Waals surface area contributed by atoms with Gasteiger partial charge in [0.2, 0.25) is 0 Å². The Morgan fingerprint density at radius 2 is 1.92 bits per heavy atom. The number of rotatable bonds is 3. The molecule has 0 fully saturated rings. The van der Waals surface area contributed by atoms with Crippen molar-refractivity contribution in [3.63, 3.8) is 0 Å². The molecule has 0 atom stereocenters. The molecule has 0 aliphatic rings. The molecule has 0 bridgehead atoms. The summed E-state index contributed by atoms with van der Waals surface area (Å²) in [4.78, 5) is 23.6. The van der Waals surface area contributed by atoms with Crippen LogP contribution in [0.25, 0.3) is 22.2 Å². The molecule has 2 N–H and O–H groups in total. The second-order valence-electron chi connectivity index (χ2n) is 5.19. The first-order valence-corrected chi connectivity index (χ1v) is 7.36. The van der Waals surface area contributed by atoms with E-state index in [4.69, 9.17) is 4.74 Å². The summed E-state index contributed by atoms with van der Waals surface area (Å²) in [7, 11) is 0. The molecule has 6 nitrogen and oxygen atoms in total. The lowest BCUT2D eigenvalue weighted by Crippen LogP contribution is -2.09. The highest BCUT2D eigenvalue weighted by Gasteiger charge is 2.17. The third-order valence-electron chi connectivity index (χ3n) is 3.65. The van der Waals surface area contributed by atoms with Crippen molar-refractivity contribution in [2.45, 2.75) is 6.92 Å². The second-order valence-corrected chi connectivity index (χ2v) is 5.19. The lowest BCUT2D eigenvalue weighted by molar-refractivity contribution is 0.0526. The summed E-state index contributed by atoms with van der Waals surface area (Å²) >= 11 is 0. The van der Waals surface area contributed by atoms with Gasteiger partial charge in [0.1, 0.15) is 5.75 Å². The molecule has 1 heterocycles. The fourth-order valence-corrected chi connectivity index (χ4v) is 2.64. The van der Waals surface area contributed by atoms with Gasteiger partial charge in [0.25, 0.3) is 0 Å². The maximum absolute atomic E-state index is 11.9. The monoisotopic (exact) mass is 325 g/mol. The van der Waals surface area contributed by atoms with E-state index in [1.54, 1.807) is 37.3 Å². The number of phenolic OH excluding ortho intramolecular Hbond substituents is 1. The number of ether oxygens (including phenoxy) is 1. The van der Waals surface area contributed by atoms with Crippen molar-refractivity contribution in [2.24, 2.45) is 0 Å². The summed E-state index contributed by atoms with van der Waals surface area (Å²) in [5, 5.41) is 19.7. The zero-order chi connectivity index (χ0) is 17.3. The maximum atomic E-state index is 11.9. The third-order valence-corrected chi connectivity index (χ3v) is 3.65. The Kier molecular flexibility index (Phi) is 3.95. The molecule has 122 valence electrons. The first-order chi connectivity index (χ1) is 11.5. The summed E-state index contributed by atoms with van der Waals surface area (Å²) in [5.74, 6) is -0.410. The predicted molar refractivity (Wildman–Crippen MR) is 88.4 cm³/mol. The van der Waals surface area contributed by atoms with Gasteiger partial charge in [-0.25, -0.2) is 14.2 Å². The summed E-state index contributed by atoms with van der Waals surface area (Å²) in [6.45, 7) is 1.98. The second kappa shape index (κ2) is 6.08. The Balaban J connectivity index is 2.19. The Bertz CT molecular complexity index is 942. The number of nitrogens with zero attached hydrogens (tertiary/aromatic N) is 1. The van der Waals surface area contributed by atoms with Crippen LogP contribution in [0.1, 0.15) is 17.3 Å². The van der Waals surface area contributed by atoms with Gasteiger partial charge in [0.05, 0.1) is 23.4 Å². The number of phenols is 1. The van der Waals surface area contributed by atoms with Crippen LogP contribution >= 0.6 is 0 Å². The minimum atomic E-state index is -1.15. The average Bonchev–Trinajstić information content (AvgIpc) is 2.94. The van der Waals surface area contributed by atoms with Crippen molar-refractivity contribution in [1.82, 2.24) is 4.57 Å². The average molecular weight is 325 g/mol. The van der Waals surface area contributed by atoms with Crippen molar-refractivity contribution < 1.29 is 24.5 Å². The molecule has 0 spiro atoms. The Hall–Kier alpha value is -3.28. The maximum Gasteiger partial charge on any atom is 0.416 e. The normalized spacial score (nSPS) is 10.7. The van der Waals surface area contributed by atoms with E-state index in [-0.39, 0.29) is 12.4 Å². The van der Waals surface area contributed by atoms with Crippen LogP contribution in [0.2, 0.25) is 0 Å². The Morgan fingerprint density at radius 1 is 1.12 bits per heavy atom. The highest BCUT2D eigenvalue weighted by molar-refractivity contribution is 5.97. The molecule has 3 aromatic rings. The molecular weight excluding hydrogens is 310 g/mol. The predicted octanol–water partition coefficient (Wildman–Crippen LogP) is 3.72. The molecule has 0 aliphatic carbocycles. The number of carbonyl (C=O) groups excluding carboxylic acids is 1. The van der Waals surface area contributed by atoms with Gasteiger partial charge in [-0.1, -0.05) is 12.1 Å². The molecule has 0 amide bonds. The summed E-state index contributed by atoms with van der Waals surface area (Å²) < 4.78 is 6.10. The molecule has 0 saturated heterocycles. The summed E-state index contributed by atoms with van der Waals surface area (Å²) in [6.07, 6.45) is -1.15. The van der Waals surface area contributed by atoms with Gasteiger partial charge in [-0.15, -0.1) is 0 Å². The van der Waals surface area contributed by atoms with Crippen LogP contribution in [0.5, 0.6) is 5.75 Å². The highest BCUT2D eigenvalue weighted by atomic mass is 16.5. The van der Waals surface area contributed by atoms with E-state index in [1.165, 1.54) is 18.2 Å². The Labute approximate surface area is 137 Å². The molecule has 2 aromatic carbocycles. The van der Waals surface area contributed by atoms with Crippen molar-refractivity contribution in [2.75, 3.05) is 6.61 Å². The van der Waals surface area contributed by atoms with Crippen molar-refractivity contribution >= 4 is 23.0 Å². The SMILES string of the molecule is CCOC(=O)c1cccc(-c2cc3cc(O)ccc3n2C(=O)O)c1. The third kappa shape index (κ3) is 2.69. The van der Waals surface area contributed by atoms with Crippen LogP contribution < -0.4 is 0 Å². The molecule has 0 saturated carbocycles. The first-order valence-electron chi connectivity index (χ1n) is 7.36. The van der Waals surface area contributed by atoms with Gasteiger partial charge < -0.3 is 14.9 Å². The molecule has 0 unspecified atom stereocenters. The van der Waals surface area contributed by atoms with Crippen LogP contribution in [-0.4, -0.2) is 33.4 Å². The Morgan fingerprint density at radius 3 is 2.62 bits per heavy atom. The van der Waals surface area contributed by atoms with Gasteiger partial charge in [0, 0.05) is 5.39 Å². The van der Waals surface area contributed by atoms with Crippen LogP contribution in [0.15, 0.2) is 48.5 Å². The molecule has 0 aliphatic heterocycles. The number of hydrogen-bond donors (Lipinski definition) is 2. The van der Waals surface area contributed by atoms with Gasteiger partial charge in [-0.2, -0.15) is 0 Å². The van der Waals surface area contributed by atoms with E-state index in [1.807, 2.05) is 0 Å². The van der Waals surface area contributed by atoms with E-state index in [0.29, 0.717) is 27.7 Å². The number of esters is 1. The number of fused-ring (bicyclic) bond motifs is 1. The van der Waals surface area contributed by atoms with Crippen molar-refractivity contribution in [3.8, 4) is 17.0 Å². The van der Waals surface area contributed by atoms with E-state index < -0.39 is 12.1 Å². The fraction of sp³-hybridized carbons (Fsp3) is 0.111. The lowest BCUT2D eigenvalue weighted by Gasteiger charge is -2.07. The van der Waals surface area contributed by atoms with Crippen LogP contribution in [0.4, 0.5) is 4.79 Å². The zero-order valence-corrected chi connectivity index (χ0v) is 12.9. The summed E-state index contributed by atoms with van der Waals surface area (Å²) in [5.41, 5.74) is 1.78. The van der Waals surface area contributed by atoms with Gasteiger partial charge in [-0.05, 0) is 48.9 Å². The van der Waals surface area contributed by atoms with E-state index in [0.717, 1.165) is 4.57 Å². The van der Waals surface area contributed by atoms with Crippen LogP contribution in [0.3, 0.4) is 0 Å². The minimum Gasteiger partial charge on any atom is -0.508 e. The molecule has 24 heavy (non-hydrogen) atoms. The van der Waals surface area contributed by atoms with Crippen molar-refractivity contribution in [3.05, 3.63) is 54.1 Å². The highest BCUT2D eigenvalue weighted by Crippen LogP contribution is 2.30. The number of carbonyl (C=O) groups is 2. The standard InChI is InChI=1S/C18H15NO5/c1-2-24-17(21)12-5-3-4-11(8-12)16-10-13-9-14(20)6-7-15(13)19(16)18(22)23/h3-10,20H,2H2,1H3,(H,22,23). The van der Waals surface area contributed by atoms with E-state index in [9.17, 15) is 19.8 Å². The first kappa shape index (κ1) is 15.6. The zero-order valence-electron chi connectivity index (χ0n) is 12.9. The molecule has 1 aromatic heterocycles. The number of aromatic hydroxyl groups is 1. The smallest absolute Gasteiger partial charge is 0.416 e. The minimum absolute atomic E-state index is 0.0527. The quantitative estimate of drug-likeness (QED) is 0.717. The number of benzene rings is 2. The fourth-order valence-electron chi connectivity index (χ4n) is 2.64. The van der Waals surface area contributed by atoms with Gasteiger partial charge >= 0.3 is 12.1 Å². The number of aromatic nitrogens is 1. The topological polar surface area (TPSA) is 88.8 Å². The van der Waals surface area contributed by atoms with Gasteiger partial charge in [-0.3, -0.25) is 0 Å². The largest absolute Gasteiger partial charge is 0.508 e. The molecule has 6 heteroatoms. The number of carboxylic acid groups (broad SMARTS) is 1. The molecule has 0 radical (unpaired) electrons. The number of hydrogen-bond acceptors (Lipinski definition) is 4. The summed E-state index contributed by atoms with van der Waals surface area (Å²) in [6, 6.07) is 12.7. The van der Waals surface area contributed by atoms with E-state index >= 15 is 0 Å². The lowest BCUT2D eigenvalue weighted by atomic mass is 10.1. The molecule has 3 rings (SSSR count). The van der Waals surface area contributed by atoms with Crippen LogP contribution in [0, 0.1) is 0 Å².